The Kier molecular flexibility index (Phi) is 3.88. The maximum atomic E-state index is 11.4. The van der Waals surface area contributed by atoms with Gasteiger partial charge in [-0.3, -0.25) is 4.79 Å². The second-order valence-corrected chi connectivity index (χ2v) is 3.27. The van der Waals surface area contributed by atoms with Gasteiger partial charge in [0.05, 0.1) is 18.7 Å². The van der Waals surface area contributed by atoms with Gasteiger partial charge in [0.1, 0.15) is 6.10 Å². The molecule has 1 aliphatic rings. The van der Waals surface area contributed by atoms with Crippen LogP contribution in [0.2, 0.25) is 0 Å². The normalized spacial score (nSPS) is 30.3. The Morgan fingerprint density at radius 1 is 1.57 bits per heavy atom. The van der Waals surface area contributed by atoms with Crippen molar-refractivity contribution in [1.82, 2.24) is 0 Å². The lowest BCUT2D eigenvalue weighted by molar-refractivity contribution is -0.149. The maximum Gasteiger partial charge on any atom is 0.311 e. The zero-order valence-electron chi connectivity index (χ0n) is 8.40. The van der Waals surface area contributed by atoms with Gasteiger partial charge in [-0.15, -0.1) is 0 Å². The van der Waals surface area contributed by atoms with Crippen molar-refractivity contribution in [3.63, 3.8) is 0 Å². The average molecular weight is 201 g/mol. The van der Waals surface area contributed by atoms with E-state index in [1.807, 2.05) is 0 Å². The van der Waals surface area contributed by atoms with Gasteiger partial charge in [0.2, 0.25) is 0 Å². The van der Waals surface area contributed by atoms with E-state index in [-0.39, 0.29) is 11.9 Å². The molecule has 1 N–H and O–H groups in total. The van der Waals surface area contributed by atoms with Crippen molar-refractivity contribution in [3.8, 4) is 0 Å². The van der Waals surface area contributed by atoms with Crippen molar-refractivity contribution < 1.29 is 19.5 Å². The number of rotatable bonds is 2. The van der Waals surface area contributed by atoms with E-state index in [0.717, 1.165) is 6.42 Å². The molecule has 0 saturated heterocycles. The fraction of sp³-hybridized carbons (Fsp3) is 0.778. The largest absolute Gasteiger partial charge is 0.469 e. The number of carbonyl (C=O) groups excluding carboxylic acids is 1. The molecule has 1 aliphatic carbocycles. The Balaban J connectivity index is 2.78. The highest BCUT2D eigenvalue weighted by Gasteiger charge is 2.36. The number of esters is 1. The van der Waals surface area contributed by atoms with Crippen LogP contribution in [0, 0.1) is 5.92 Å². The van der Waals surface area contributed by atoms with Gasteiger partial charge in [-0.1, -0.05) is 5.16 Å². The number of oxime groups is 1. The van der Waals surface area contributed by atoms with Gasteiger partial charge in [0.25, 0.3) is 0 Å². The van der Waals surface area contributed by atoms with Gasteiger partial charge in [-0.05, 0) is 19.3 Å². The van der Waals surface area contributed by atoms with Crippen molar-refractivity contribution in [1.29, 1.82) is 0 Å². The highest BCUT2D eigenvalue weighted by atomic mass is 16.5. The van der Waals surface area contributed by atoms with Crippen LogP contribution in [-0.2, 0) is 14.3 Å². The number of hydrogen-bond acceptors (Lipinski definition) is 5. The van der Waals surface area contributed by atoms with E-state index in [9.17, 15) is 4.79 Å². The monoisotopic (exact) mass is 201 g/mol. The first-order valence-corrected chi connectivity index (χ1v) is 4.56. The zero-order valence-corrected chi connectivity index (χ0v) is 8.40. The molecule has 0 aliphatic heterocycles. The molecular formula is C9H15NO4. The number of ether oxygens (including phenoxy) is 2. The van der Waals surface area contributed by atoms with Crippen LogP contribution in [0.5, 0.6) is 0 Å². The molecule has 0 amide bonds. The molecule has 0 aromatic heterocycles. The fourth-order valence-corrected chi connectivity index (χ4v) is 1.83. The van der Waals surface area contributed by atoms with Crippen LogP contribution >= 0.6 is 0 Å². The van der Waals surface area contributed by atoms with Gasteiger partial charge >= 0.3 is 5.97 Å². The molecule has 1 rings (SSSR count). The van der Waals surface area contributed by atoms with E-state index in [2.05, 4.69) is 9.89 Å². The summed E-state index contributed by atoms with van der Waals surface area (Å²) in [5.41, 5.74) is 0.522. The van der Waals surface area contributed by atoms with Crippen molar-refractivity contribution >= 4 is 11.7 Å². The van der Waals surface area contributed by atoms with E-state index < -0.39 is 6.10 Å². The maximum absolute atomic E-state index is 11.4. The average Bonchev–Trinajstić information content (AvgIpc) is 2.26. The van der Waals surface area contributed by atoms with Gasteiger partial charge in [-0.2, -0.15) is 0 Å². The molecule has 0 unspecified atom stereocenters. The summed E-state index contributed by atoms with van der Waals surface area (Å²) in [5, 5.41) is 11.9. The topological polar surface area (TPSA) is 68.1 Å². The van der Waals surface area contributed by atoms with Crippen molar-refractivity contribution in [2.75, 3.05) is 14.2 Å². The van der Waals surface area contributed by atoms with Gasteiger partial charge in [-0.25, -0.2) is 0 Å². The molecule has 80 valence electrons. The summed E-state index contributed by atoms with van der Waals surface area (Å²) >= 11 is 0. The van der Waals surface area contributed by atoms with Crippen molar-refractivity contribution in [3.05, 3.63) is 0 Å². The standard InChI is InChI=1S/C9H15NO4/c1-13-8-6(9(11)14-2)4-3-5-7(8)10-12/h6,8,12H,3-5H2,1-2H3/t6-,8-/m0/s1. The summed E-state index contributed by atoms with van der Waals surface area (Å²) in [6.07, 6.45) is 1.76. The first-order chi connectivity index (χ1) is 6.74. The lowest BCUT2D eigenvalue weighted by atomic mass is 9.85. The first kappa shape index (κ1) is 11.0. The summed E-state index contributed by atoms with van der Waals surface area (Å²) in [6.45, 7) is 0. The lowest BCUT2D eigenvalue weighted by Gasteiger charge is -2.28. The molecule has 2 atom stereocenters. The SMILES string of the molecule is COC(=O)[C@H]1CCCC(=NO)[C@H]1OC. The third-order valence-corrected chi connectivity index (χ3v) is 2.53. The number of nitrogens with zero attached hydrogens (tertiary/aromatic N) is 1. The number of hydrogen-bond donors (Lipinski definition) is 1. The van der Waals surface area contributed by atoms with E-state index in [4.69, 9.17) is 9.94 Å². The van der Waals surface area contributed by atoms with Crippen LogP contribution in [0.4, 0.5) is 0 Å². The Hall–Kier alpha value is -1.10. The van der Waals surface area contributed by atoms with E-state index in [1.165, 1.54) is 14.2 Å². The molecule has 5 nitrogen and oxygen atoms in total. The Morgan fingerprint density at radius 2 is 2.29 bits per heavy atom. The predicted molar refractivity (Wildman–Crippen MR) is 49.4 cm³/mol. The molecule has 0 spiro atoms. The molecule has 0 bridgehead atoms. The van der Waals surface area contributed by atoms with E-state index >= 15 is 0 Å². The molecule has 1 saturated carbocycles. The summed E-state index contributed by atoms with van der Waals surface area (Å²) < 4.78 is 9.80. The summed E-state index contributed by atoms with van der Waals surface area (Å²) in [7, 11) is 2.84. The Labute approximate surface area is 82.7 Å². The zero-order chi connectivity index (χ0) is 10.6. The number of methoxy groups -OCH3 is 2. The third-order valence-electron chi connectivity index (χ3n) is 2.53. The molecule has 0 aromatic carbocycles. The van der Waals surface area contributed by atoms with Crippen molar-refractivity contribution in [2.45, 2.75) is 25.4 Å². The van der Waals surface area contributed by atoms with Crippen LogP contribution in [0.3, 0.4) is 0 Å². The lowest BCUT2D eigenvalue weighted by Crippen LogP contribution is -2.40. The van der Waals surface area contributed by atoms with Crippen LogP contribution in [0.25, 0.3) is 0 Å². The molecule has 14 heavy (non-hydrogen) atoms. The third kappa shape index (κ3) is 2.04. The molecule has 0 aromatic rings. The molecule has 1 fully saturated rings. The second-order valence-electron chi connectivity index (χ2n) is 3.27. The summed E-state index contributed by atoms with van der Waals surface area (Å²) in [6, 6.07) is 0. The van der Waals surface area contributed by atoms with Gasteiger partial charge in [0, 0.05) is 7.11 Å². The Bertz CT molecular complexity index is 239. The molecule has 0 heterocycles. The first-order valence-electron chi connectivity index (χ1n) is 4.56. The van der Waals surface area contributed by atoms with Crippen LogP contribution in [-0.4, -0.2) is 37.2 Å². The van der Waals surface area contributed by atoms with Gasteiger partial charge in [0.15, 0.2) is 0 Å². The van der Waals surface area contributed by atoms with Gasteiger partial charge < -0.3 is 14.7 Å². The molecule has 0 radical (unpaired) electrons. The van der Waals surface area contributed by atoms with Crippen LogP contribution in [0.15, 0.2) is 5.16 Å². The molecule has 5 heteroatoms. The van der Waals surface area contributed by atoms with Crippen molar-refractivity contribution in [2.24, 2.45) is 11.1 Å². The minimum atomic E-state index is -0.443. The number of carbonyl (C=O) groups is 1. The Morgan fingerprint density at radius 3 is 2.79 bits per heavy atom. The second kappa shape index (κ2) is 4.95. The molecular weight excluding hydrogens is 186 g/mol. The van der Waals surface area contributed by atoms with E-state index in [1.54, 1.807) is 0 Å². The van der Waals surface area contributed by atoms with Crippen LogP contribution in [0.1, 0.15) is 19.3 Å². The minimum absolute atomic E-state index is 0.308. The van der Waals surface area contributed by atoms with E-state index in [0.29, 0.717) is 18.6 Å². The minimum Gasteiger partial charge on any atom is -0.469 e. The van der Waals surface area contributed by atoms with Crippen LogP contribution < -0.4 is 0 Å². The summed E-state index contributed by atoms with van der Waals surface area (Å²) in [5.74, 6) is -0.651. The smallest absolute Gasteiger partial charge is 0.311 e. The predicted octanol–water partition coefficient (Wildman–Crippen LogP) is 0.805. The highest BCUT2D eigenvalue weighted by molar-refractivity contribution is 5.93. The fourth-order valence-electron chi connectivity index (χ4n) is 1.83. The quantitative estimate of drug-likeness (QED) is 0.407. The summed E-state index contributed by atoms with van der Waals surface area (Å²) in [4.78, 5) is 11.4. The highest BCUT2D eigenvalue weighted by Crippen LogP contribution is 2.25.